The lowest BCUT2D eigenvalue weighted by molar-refractivity contribution is 0.0406. The largest absolute Gasteiger partial charge is 0.389 e. The Hall–Kier alpha value is -0.450. The first kappa shape index (κ1) is 13.6. The lowest BCUT2D eigenvalue weighted by Gasteiger charge is -2.29. The number of hydrogen-bond acceptors (Lipinski definition) is 4. The van der Waals surface area contributed by atoms with Crippen LogP contribution >= 0.6 is 11.3 Å². The first-order chi connectivity index (χ1) is 7.21. The Morgan fingerprint density at radius 2 is 1.88 bits per heavy atom. The van der Waals surface area contributed by atoms with E-state index >= 15 is 0 Å². The molecule has 1 aromatic rings. The molecule has 0 aliphatic heterocycles. The molecular formula is C12H22N2OS. The Morgan fingerprint density at radius 3 is 2.25 bits per heavy atom. The van der Waals surface area contributed by atoms with Crippen LogP contribution in [0.4, 0.5) is 0 Å². The van der Waals surface area contributed by atoms with Gasteiger partial charge in [-0.3, -0.25) is 0 Å². The molecule has 0 radical (unpaired) electrons. The summed E-state index contributed by atoms with van der Waals surface area (Å²) in [7, 11) is 0. The molecule has 4 heteroatoms. The van der Waals surface area contributed by atoms with Crippen LogP contribution in [0, 0.1) is 13.8 Å². The quantitative estimate of drug-likeness (QED) is 0.853. The third-order valence-corrected chi connectivity index (χ3v) is 4.15. The topological polar surface area (TPSA) is 45.2 Å². The highest BCUT2D eigenvalue weighted by molar-refractivity contribution is 7.11. The van der Waals surface area contributed by atoms with E-state index in [1.165, 1.54) is 4.88 Å². The second-order valence-electron chi connectivity index (χ2n) is 4.95. The average Bonchev–Trinajstić information content (AvgIpc) is 2.43. The molecule has 0 saturated heterocycles. The van der Waals surface area contributed by atoms with Crippen LogP contribution in [-0.2, 0) is 0 Å². The maximum atomic E-state index is 9.88. The molecule has 1 aromatic heterocycles. The summed E-state index contributed by atoms with van der Waals surface area (Å²) in [6.45, 7) is 11.8. The molecule has 0 amide bonds. The van der Waals surface area contributed by atoms with Crippen LogP contribution in [0.25, 0.3) is 0 Å². The summed E-state index contributed by atoms with van der Waals surface area (Å²) in [6.07, 6.45) is 0. The monoisotopic (exact) mass is 242 g/mol. The number of aliphatic hydroxyl groups is 1. The second-order valence-corrected chi connectivity index (χ2v) is 6.18. The van der Waals surface area contributed by atoms with Crippen molar-refractivity contribution in [2.45, 2.75) is 59.2 Å². The minimum atomic E-state index is -0.706. The number of thiazole rings is 1. The minimum absolute atomic E-state index is 0.0457. The zero-order valence-corrected chi connectivity index (χ0v) is 11.8. The molecule has 3 nitrogen and oxygen atoms in total. The first-order valence-electron chi connectivity index (χ1n) is 5.64. The molecule has 0 bridgehead atoms. The molecule has 16 heavy (non-hydrogen) atoms. The van der Waals surface area contributed by atoms with E-state index in [1.54, 1.807) is 11.3 Å². The predicted octanol–water partition coefficient (Wildman–Crippen LogP) is 2.57. The molecular weight excluding hydrogens is 220 g/mol. The normalized spacial score (nSPS) is 16.2. The molecule has 0 aromatic carbocycles. The number of hydrogen-bond donors (Lipinski definition) is 2. The van der Waals surface area contributed by atoms with Crippen molar-refractivity contribution in [2.24, 2.45) is 0 Å². The Morgan fingerprint density at radius 1 is 1.31 bits per heavy atom. The molecule has 2 unspecified atom stereocenters. The fourth-order valence-electron chi connectivity index (χ4n) is 1.60. The number of nitrogens with zero attached hydrogens (tertiary/aromatic N) is 1. The van der Waals surface area contributed by atoms with E-state index in [2.05, 4.69) is 17.2 Å². The molecule has 2 atom stereocenters. The molecule has 0 fully saturated rings. The zero-order chi connectivity index (χ0) is 12.5. The van der Waals surface area contributed by atoms with Gasteiger partial charge in [-0.2, -0.15) is 0 Å². The van der Waals surface area contributed by atoms with Crippen LogP contribution in [0.1, 0.15) is 49.3 Å². The molecule has 0 aliphatic carbocycles. The van der Waals surface area contributed by atoms with Gasteiger partial charge < -0.3 is 10.4 Å². The fraction of sp³-hybridized carbons (Fsp3) is 0.750. The van der Waals surface area contributed by atoms with Crippen molar-refractivity contribution < 1.29 is 5.11 Å². The van der Waals surface area contributed by atoms with Gasteiger partial charge in [-0.25, -0.2) is 4.98 Å². The molecule has 92 valence electrons. The number of rotatable bonds is 4. The van der Waals surface area contributed by atoms with E-state index in [0.717, 1.165) is 10.7 Å². The molecule has 0 spiro atoms. The number of aryl methyl sites for hydroxylation is 2. The smallest absolute Gasteiger partial charge is 0.0900 e. The second kappa shape index (κ2) is 4.82. The molecule has 1 rings (SSSR count). The summed E-state index contributed by atoms with van der Waals surface area (Å²) in [4.78, 5) is 5.68. The Kier molecular flexibility index (Phi) is 4.10. The predicted molar refractivity (Wildman–Crippen MR) is 68.9 cm³/mol. The van der Waals surface area contributed by atoms with Crippen LogP contribution in [-0.4, -0.2) is 21.7 Å². The average molecular weight is 242 g/mol. The maximum absolute atomic E-state index is 9.88. The molecule has 0 aliphatic rings. The van der Waals surface area contributed by atoms with Crippen LogP contribution in [0.2, 0.25) is 0 Å². The Labute approximate surface area is 102 Å². The molecule has 2 N–H and O–H groups in total. The van der Waals surface area contributed by atoms with Crippen LogP contribution in [0.15, 0.2) is 0 Å². The SMILES string of the molecule is Cc1nc(C)c(C(C)NC(C)C(C)(C)O)s1. The lowest BCUT2D eigenvalue weighted by Crippen LogP contribution is -2.45. The number of nitrogens with one attached hydrogen (secondary N) is 1. The summed E-state index contributed by atoms with van der Waals surface area (Å²) in [5, 5.41) is 14.4. The Bertz CT molecular complexity index is 354. The summed E-state index contributed by atoms with van der Waals surface area (Å²) < 4.78 is 0. The molecule has 1 heterocycles. The summed E-state index contributed by atoms with van der Waals surface area (Å²) in [5.74, 6) is 0. The highest BCUT2D eigenvalue weighted by atomic mass is 32.1. The van der Waals surface area contributed by atoms with Crippen LogP contribution < -0.4 is 5.32 Å². The van der Waals surface area contributed by atoms with Gasteiger partial charge in [0.25, 0.3) is 0 Å². The van der Waals surface area contributed by atoms with Gasteiger partial charge in [-0.1, -0.05) is 0 Å². The third-order valence-electron chi connectivity index (χ3n) is 2.89. The van der Waals surface area contributed by atoms with E-state index in [4.69, 9.17) is 0 Å². The van der Waals surface area contributed by atoms with Crippen LogP contribution in [0.5, 0.6) is 0 Å². The van der Waals surface area contributed by atoms with Gasteiger partial charge in [-0.15, -0.1) is 11.3 Å². The summed E-state index contributed by atoms with van der Waals surface area (Å²) >= 11 is 1.72. The van der Waals surface area contributed by atoms with E-state index in [1.807, 2.05) is 34.6 Å². The van der Waals surface area contributed by atoms with Gasteiger partial charge in [0.1, 0.15) is 0 Å². The van der Waals surface area contributed by atoms with Crippen molar-refractivity contribution >= 4 is 11.3 Å². The van der Waals surface area contributed by atoms with Gasteiger partial charge in [0.05, 0.1) is 16.3 Å². The van der Waals surface area contributed by atoms with Crippen molar-refractivity contribution in [1.82, 2.24) is 10.3 Å². The third kappa shape index (κ3) is 3.27. The van der Waals surface area contributed by atoms with Crippen molar-refractivity contribution in [3.63, 3.8) is 0 Å². The zero-order valence-electron chi connectivity index (χ0n) is 11.0. The van der Waals surface area contributed by atoms with Gasteiger partial charge in [0.15, 0.2) is 0 Å². The highest BCUT2D eigenvalue weighted by Crippen LogP contribution is 2.25. The lowest BCUT2D eigenvalue weighted by atomic mass is 10.00. The van der Waals surface area contributed by atoms with E-state index in [9.17, 15) is 5.11 Å². The number of aromatic nitrogens is 1. The minimum Gasteiger partial charge on any atom is -0.389 e. The van der Waals surface area contributed by atoms with Gasteiger partial charge in [0.2, 0.25) is 0 Å². The highest BCUT2D eigenvalue weighted by Gasteiger charge is 2.25. The van der Waals surface area contributed by atoms with Crippen molar-refractivity contribution in [1.29, 1.82) is 0 Å². The van der Waals surface area contributed by atoms with Crippen molar-refractivity contribution in [3.05, 3.63) is 15.6 Å². The van der Waals surface area contributed by atoms with Crippen LogP contribution in [0.3, 0.4) is 0 Å². The van der Waals surface area contributed by atoms with E-state index in [0.29, 0.717) is 0 Å². The van der Waals surface area contributed by atoms with Gasteiger partial charge in [0, 0.05) is 17.0 Å². The van der Waals surface area contributed by atoms with E-state index in [-0.39, 0.29) is 12.1 Å². The first-order valence-corrected chi connectivity index (χ1v) is 6.45. The van der Waals surface area contributed by atoms with Gasteiger partial charge >= 0.3 is 0 Å². The maximum Gasteiger partial charge on any atom is 0.0900 e. The standard InChI is InChI=1S/C12H22N2OS/c1-7(13-9(3)12(5,6)15)11-8(2)14-10(4)16-11/h7,9,13,15H,1-6H3. The van der Waals surface area contributed by atoms with E-state index < -0.39 is 5.60 Å². The van der Waals surface area contributed by atoms with Gasteiger partial charge in [-0.05, 0) is 41.5 Å². The fourth-order valence-corrected chi connectivity index (χ4v) is 2.54. The molecule has 0 saturated carbocycles. The summed E-state index contributed by atoms with van der Waals surface area (Å²) in [5.41, 5.74) is 0.382. The van der Waals surface area contributed by atoms with Crippen molar-refractivity contribution in [3.8, 4) is 0 Å². The van der Waals surface area contributed by atoms with Crippen molar-refractivity contribution in [2.75, 3.05) is 0 Å². The Balaban J connectivity index is 2.73. The summed E-state index contributed by atoms with van der Waals surface area (Å²) in [6, 6.07) is 0.275.